The van der Waals surface area contributed by atoms with Crippen LogP contribution >= 0.6 is 0 Å². The average molecular weight is 198 g/mol. The molecule has 1 heterocycles. The number of hydrogen-bond donors (Lipinski definition) is 2. The summed E-state index contributed by atoms with van der Waals surface area (Å²) < 4.78 is 5.11. The van der Waals surface area contributed by atoms with Gasteiger partial charge in [0.25, 0.3) is 0 Å². The molecular formula is C10H18N2O2. The van der Waals surface area contributed by atoms with Crippen LogP contribution in [0.1, 0.15) is 12.8 Å². The van der Waals surface area contributed by atoms with Gasteiger partial charge in [0.2, 0.25) is 5.91 Å². The van der Waals surface area contributed by atoms with Gasteiger partial charge in [-0.1, -0.05) is 0 Å². The lowest BCUT2D eigenvalue weighted by Gasteiger charge is -2.16. The SMILES string of the molecule is COCC1CNCC1C(=O)NC1CC1. The fourth-order valence-electron chi connectivity index (χ4n) is 1.96. The van der Waals surface area contributed by atoms with Crippen LogP contribution < -0.4 is 10.6 Å². The number of ether oxygens (including phenoxy) is 1. The molecule has 0 aromatic carbocycles. The van der Waals surface area contributed by atoms with Crippen molar-refractivity contribution in [3.8, 4) is 0 Å². The number of carbonyl (C=O) groups is 1. The third kappa shape index (κ3) is 2.25. The zero-order valence-corrected chi connectivity index (χ0v) is 8.58. The maximum atomic E-state index is 11.8. The monoisotopic (exact) mass is 198 g/mol. The van der Waals surface area contributed by atoms with Crippen molar-refractivity contribution in [2.45, 2.75) is 18.9 Å². The van der Waals surface area contributed by atoms with E-state index in [1.165, 1.54) is 0 Å². The normalized spacial score (nSPS) is 31.8. The number of carbonyl (C=O) groups excluding carboxylic acids is 1. The van der Waals surface area contributed by atoms with Crippen LogP contribution in [0.4, 0.5) is 0 Å². The Morgan fingerprint density at radius 1 is 1.50 bits per heavy atom. The molecule has 0 aromatic heterocycles. The van der Waals surface area contributed by atoms with Gasteiger partial charge in [0, 0.05) is 32.2 Å². The number of nitrogens with one attached hydrogen (secondary N) is 2. The second-order valence-electron chi connectivity index (χ2n) is 4.26. The highest BCUT2D eigenvalue weighted by atomic mass is 16.5. The summed E-state index contributed by atoms with van der Waals surface area (Å²) in [5.41, 5.74) is 0. The van der Waals surface area contributed by atoms with E-state index in [0.29, 0.717) is 18.6 Å². The van der Waals surface area contributed by atoms with Gasteiger partial charge in [-0.3, -0.25) is 4.79 Å². The fourth-order valence-corrected chi connectivity index (χ4v) is 1.96. The quantitative estimate of drug-likeness (QED) is 0.655. The third-order valence-corrected chi connectivity index (χ3v) is 2.98. The third-order valence-electron chi connectivity index (χ3n) is 2.98. The zero-order chi connectivity index (χ0) is 9.97. The lowest BCUT2D eigenvalue weighted by atomic mass is 9.96. The molecule has 1 aliphatic carbocycles. The standard InChI is InChI=1S/C10H18N2O2/c1-14-6-7-4-11-5-9(7)10(13)12-8-2-3-8/h7-9,11H,2-6H2,1H3,(H,12,13). The summed E-state index contributed by atoms with van der Waals surface area (Å²) in [4.78, 5) is 11.8. The average Bonchev–Trinajstić information content (AvgIpc) is 2.83. The van der Waals surface area contributed by atoms with Crippen LogP contribution in [0.15, 0.2) is 0 Å². The van der Waals surface area contributed by atoms with Crippen molar-refractivity contribution in [1.29, 1.82) is 0 Å². The Morgan fingerprint density at radius 3 is 2.93 bits per heavy atom. The van der Waals surface area contributed by atoms with Crippen molar-refractivity contribution in [2.75, 3.05) is 26.8 Å². The largest absolute Gasteiger partial charge is 0.384 e. The molecule has 1 aliphatic heterocycles. The highest BCUT2D eigenvalue weighted by Crippen LogP contribution is 2.22. The molecule has 0 spiro atoms. The molecule has 2 atom stereocenters. The predicted molar refractivity (Wildman–Crippen MR) is 52.9 cm³/mol. The summed E-state index contributed by atoms with van der Waals surface area (Å²) in [5.74, 6) is 0.661. The minimum Gasteiger partial charge on any atom is -0.384 e. The van der Waals surface area contributed by atoms with Crippen molar-refractivity contribution in [2.24, 2.45) is 11.8 Å². The Morgan fingerprint density at radius 2 is 2.29 bits per heavy atom. The van der Waals surface area contributed by atoms with Crippen LogP contribution in [0.25, 0.3) is 0 Å². The first-order chi connectivity index (χ1) is 6.81. The van der Waals surface area contributed by atoms with E-state index >= 15 is 0 Å². The Hall–Kier alpha value is -0.610. The van der Waals surface area contributed by atoms with Gasteiger partial charge in [0.1, 0.15) is 0 Å². The van der Waals surface area contributed by atoms with Crippen molar-refractivity contribution in [1.82, 2.24) is 10.6 Å². The van der Waals surface area contributed by atoms with Crippen LogP contribution in [-0.2, 0) is 9.53 Å². The van der Waals surface area contributed by atoms with E-state index in [0.717, 1.165) is 25.9 Å². The molecule has 1 amide bonds. The number of methoxy groups -OCH3 is 1. The van der Waals surface area contributed by atoms with Gasteiger partial charge in [-0.2, -0.15) is 0 Å². The van der Waals surface area contributed by atoms with E-state index in [1.807, 2.05) is 0 Å². The minimum atomic E-state index is 0.107. The van der Waals surface area contributed by atoms with Gasteiger partial charge >= 0.3 is 0 Å². The summed E-state index contributed by atoms with van der Waals surface area (Å²) in [6.07, 6.45) is 2.31. The van der Waals surface area contributed by atoms with E-state index in [1.54, 1.807) is 7.11 Å². The minimum absolute atomic E-state index is 0.107. The first kappa shape index (κ1) is 9.93. The van der Waals surface area contributed by atoms with Gasteiger partial charge in [0.05, 0.1) is 12.5 Å². The lowest BCUT2D eigenvalue weighted by molar-refractivity contribution is -0.126. The molecular weight excluding hydrogens is 180 g/mol. The molecule has 2 fully saturated rings. The number of rotatable bonds is 4. The smallest absolute Gasteiger partial charge is 0.225 e. The van der Waals surface area contributed by atoms with Gasteiger partial charge in [0.15, 0.2) is 0 Å². The van der Waals surface area contributed by atoms with Crippen LogP contribution in [0.3, 0.4) is 0 Å². The van der Waals surface area contributed by atoms with Crippen LogP contribution in [0.5, 0.6) is 0 Å². The van der Waals surface area contributed by atoms with Crippen LogP contribution in [0, 0.1) is 11.8 Å². The highest BCUT2D eigenvalue weighted by Gasteiger charge is 2.35. The first-order valence-electron chi connectivity index (χ1n) is 5.31. The highest BCUT2D eigenvalue weighted by molar-refractivity contribution is 5.80. The molecule has 2 aliphatic rings. The molecule has 4 nitrogen and oxygen atoms in total. The van der Waals surface area contributed by atoms with Crippen LogP contribution in [-0.4, -0.2) is 38.8 Å². The number of hydrogen-bond acceptors (Lipinski definition) is 3. The van der Waals surface area contributed by atoms with Crippen molar-refractivity contribution in [3.05, 3.63) is 0 Å². The summed E-state index contributed by atoms with van der Waals surface area (Å²) in [6, 6.07) is 0.464. The predicted octanol–water partition coefficient (Wildman–Crippen LogP) is -0.253. The van der Waals surface area contributed by atoms with E-state index in [-0.39, 0.29) is 11.8 Å². The Labute approximate surface area is 84.4 Å². The Kier molecular flexibility index (Phi) is 3.03. The second-order valence-corrected chi connectivity index (χ2v) is 4.26. The molecule has 4 heteroatoms. The molecule has 2 rings (SSSR count). The molecule has 80 valence electrons. The van der Waals surface area contributed by atoms with E-state index in [4.69, 9.17) is 4.74 Å². The van der Waals surface area contributed by atoms with Crippen molar-refractivity contribution < 1.29 is 9.53 Å². The number of amides is 1. The molecule has 1 saturated heterocycles. The van der Waals surface area contributed by atoms with Crippen LogP contribution in [0.2, 0.25) is 0 Å². The lowest BCUT2D eigenvalue weighted by Crippen LogP contribution is -2.37. The fraction of sp³-hybridized carbons (Fsp3) is 0.900. The Bertz CT molecular complexity index is 216. The molecule has 0 bridgehead atoms. The first-order valence-corrected chi connectivity index (χ1v) is 5.31. The molecule has 1 saturated carbocycles. The van der Waals surface area contributed by atoms with E-state index in [2.05, 4.69) is 10.6 Å². The molecule has 2 unspecified atom stereocenters. The van der Waals surface area contributed by atoms with Crippen molar-refractivity contribution >= 4 is 5.91 Å². The van der Waals surface area contributed by atoms with Gasteiger partial charge in [-0.25, -0.2) is 0 Å². The van der Waals surface area contributed by atoms with Crippen molar-refractivity contribution in [3.63, 3.8) is 0 Å². The maximum absolute atomic E-state index is 11.8. The molecule has 2 N–H and O–H groups in total. The summed E-state index contributed by atoms with van der Waals surface area (Å²) >= 11 is 0. The molecule has 14 heavy (non-hydrogen) atoms. The Balaban J connectivity index is 1.83. The van der Waals surface area contributed by atoms with Gasteiger partial charge in [-0.05, 0) is 12.8 Å². The van der Waals surface area contributed by atoms with Gasteiger partial charge in [-0.15, -0.1) is 0 Å². The molecule has 0 radical (unpaired) electrons. The summed E-state index contributed by atoms with van der Waals surface area (Å²) in [6.45, 7) is 2.37. The van der Waals surface area contributed by atoms with E-state index < -0.39 is 0 Å². The van der Waals surface area contributed by atoms with E-state index in [9.17, 15) is 4.79 Å². The topological polar surface area (TPSA) is 50.4 Å². The molecule has 0 aromatic rings. The second kappa shape index (κ2) is 4.28. The van der Waals surface area contributed by atoms with Gasteiger partial charge < -0.3 is 15.4 Å². The zero-order valence-electron chi connectivity index (χ0n) is 8.58. The summed E-state index contributed by atoms with van der Waals surface area (Å²) in [5, 5.41) is 6.29. The summed E-state index contributed by atoms with van der Waals surface area (Å²) in [7, 11) is 1.69. The maximum Gasteiger partial charge on any atom is 0.225 e.